The first-order chi connectivity index (χ1) is 15.5. The van der Waals surface area contributed by atoms with Crippen LogP contribution in [0, 0.1) is 0 Å². The van der Waals surface area contributed by atoms with Crippen LogP contribution in [0.1, 0.15) is 30.3 Å². The second kappa shape index (κ2) is 10.9. The molecule has 0 bridgehead atoms. The average Bonchev–Trinajstić information content (AvgIpc) is 3.33. The fraction of sp³-hybridized carbons (Fsp3) is 0.227. The summed E-state index contributed by atoms with van der Waals surface area (Å²) < 4.78 is 39.1. The van der Waals surface area contributed by atoms with Crippen LogP contribution in [0.2, 0.25) is 0 Å². The van der Waals surface area contributed by atoms with Crippen molar-refractivity contribution in [3.63, 3.8) is 0 Å². The summed E-state index contributed by atoms with van der Waals surface area (Å²) in [7, 11) is 0. The molecule has 0 spiro atoms. The molecule has 4 rings (SSSR count). The summed E-state index contributed by atoms with van der Waals surface area (Å²) >= 11 is 0. The van der Waals surface area contributed by atoms with Gasteiger partial charge in [-0.05, 0) is 33.5 Å². The Kier molecular flexibility index (Phi) is 8.17. The first-order valence-electron chi connectivity index (χ1n) is 10.0. The molecule has 7 nitrogen and oxygen atoms in total. The Morgan fingerprint density at radius 1 is 1.00 bits per heavy atom. The van der Waals surface area contributed by atoms with Gasteiger partial charge in [0, 0.05) is 53.4 Å². The van der Waals surface area contributed by atoms with Gasteiger partial charge in [-0.3, -0.25) is 0 Å². The molecule has 0 aliphatic rings. The predicted molar refractivity (Wildman–Crippen MR) is 119 cm³/mol. The zero-order valence-corrected chi connectivity index (χ0v) is 20.2. The first-order valence-corrected chi connectivity index (χ1v) is 10.0. The van der Waals surface area contributed by atoms with Gasteiger partial charge in [-0.2, -0.15) is 13.2 Å². The summed E-state index contributed by atoms with van der Waals surface area (Å²) in [6.45, 7) is 2.28. The molecule has 2 heterocycles. The molecule has 0 atom stereocenters. The van der Waals surface area contributed by atoms with E-state index in [9.17, 15) is 13.2 Å². The molecule has 2 aromatic heterocycles. The SMILES string of the molecule is CCCc1cnc(C(F)(F)F)nc1NCc1ccc(-c2ccccc2-c2nnn[nH]2)cc1.[Na]. The van der Waals surface area contributed by atoms with Crippen molar-refractivity contribution < 1.29 is 13.2 Å². The molecular weight excluding hydrogens is 442 g/mol. The van der Waals surface area contributed by atoms with Gasteiger partial charge < -0.3 is 5.32 Å². The molecule has 0 amide bonds. The summed E-state index contributed by atoms with van der Waals surface area (Å²) in [6, 6.07) is 15.5. The Hall–Kier alpha value is -2.82. The number of tetrazole rings is 1. The van der Waals surface area contributed by atoms with E-state index in [1.807, 2.05) is 55.5 Å². The molecule has 0 saturated carbocycles. The van der Waals surface area contributed by atoms with Crippen molar-refractivity contribution in [1.82, 2.24) is 30.6 Å². The van der Waals surface area contributed by atoms with Crippen LogP contribution in [0.25, 0.3) is 22.5 Å². The minimum atomic E-state index is -4.59. The van der Waals surface area contributed by atoms with Crippen LogP contribution >= 0.6 is 0 Å². The smallest absolute Gasteiger partial charge is 0.366 e. The Bertz CT molecular complexity index is 1180. The second-order valence-electron chi connectivity index (χ2n) is 7.16. The Labute approximate surface area is 210 Å². The molecule has 0 aliphatic carbocycles. The first kappa shape index (κ1) is 24.8. The topological polar surface area (TPSA) is 92.3 Å². The van der Waals surface area contributed by atoms with E-state index in [1.165, 1.54) is 6.20 Å². The van der Waals surface area contributed by atoms with Crippen molar-refractivity contribution >= 4 is 35.4 Å². The fourth-order valence-corrected chi connectivity index (χ4v) is 3.35. The van der Waals surface area contributed by atoms with Gasteiger partial charge in [0.05, 0.1) is 0 Å². The quantitative estimate of drug-likeness (QED) is 0.392. The monoisotopic (exact) mass is 462 g/mol. The molecule has 33 heavy (non-hydrogen) atoms. The molecule has 2 N–H and O–H groups in total. The maximum atomic E-state index is 13.0. The molecule has 0 unspecified atom stereocenters. The number of halogens is 3. The largest absolute Gasteiger partial charge is 0.451 e. The zero-order valence-electron chi connectivity index (χ0n) is 18.2. The van der Waals surface area contributed by atoms with Gasteiger partial charge in [0.15, 0.2) is 5.82 Å². The average molecular weight is 462 g/mol. The van der Waals surface area contributed by atoms with E-state index in [-0.39, 0.29) is 35.4 Å². The van der Waals surface area contributed by atoms with E-state index in [0.29, 0.717) is 24.4 Å². The number of nitrogens with one attached hydrogen (secondary N) is 2. The standard InChI is InChI=1S/C22H20F3N7.Na/c1-2-5-16-13-27-21(22(23,24)25)28-19(16)26-12-14-8-10-15(11-9-14)17-6-3-4-7-18(17)20-29-31-32-30-20;/h3-4,6-11,13H,2,5,12H2,1H3,(H,26,27,28)(H,29,30,31,32);. The van der Waals surface area contributed by atoms with Gasteiger partial charge in [-0.25, -0.2) is 15.1 Å². The number of aromatic nitrogens is 6. The number of hydrogen-bond acceptors (Lipinski definition) is 6. The molecule has 4 aromatic rings. The molecule has 165 valence electrons. The third-order valence-electron chi connectivity index (χ3n) is 4.89. The van der Waals surface area contributed by atoms with Crippen molar-refractivity contribution in [3.05, 3.63) is 71.7 Å². The van der Waals surface area contributed by atoms with Gasteiger partial charge >= 0.3 is 6.18 Å². The number of anilines is 1. The number of hydrogen-bond donors (Lipinski definition) is 2. The van der Waals surface area contributed by atoms with Crippen LogP contribution < -0.4 is 5.32 Å². The van der Waals surface area contributed by atoms with Gasteiger partial charge in [0.2, 0.25) is 5.82 Å². The van der Waals surface area contributed by atoms with Crippen LogP contribution in [0.4, 0.5) is 19.0 Å². The molecule has 2 aromatic carbocycles. The predicted octanol–water partition coefficient (Wildman–Crippen LogP) is 4.53. The number of H-pyrrole nitrogens is 1. The zero-order chi connectivity index (χ0) is 22.6. The molecular formula is C22H20F3N7Na. The second-order valence-corrected chi connectivity index (χ2v) is 7.16. The van der Waals surface area contributed by atoms with Crippen molar-refractivity contribution in [2.45, 2.75) is 32.5 Å². The normalized spacial score (nSPS) is 11.2. The number of benzene rings is 2. The Morgan fingerprint density at radius 3 is 2.36 bits per heavy atom. The molecule has 0 aliphatic heterocycles. The van der Waals surface area contributed by atoms with E-state index >= 15 is 0 Å². The third kappa shape index (κ3) is 5.95. The summed E-state index contributed by atoms with van der Waals surface area (Å²) in [5.74, 6) is -0.367. The summed E-state index contributed by atoms with van der Waals surface area (Å²) in [5, 5.41) is 17.1. The minimum absolute atomic E-state index is 0. The molecule has 1 radical (unpaired) electrons. The number of rotatable bonds is 7. The van der Waals surface area contributed by atoms with Gasteiger partial charge in [-0.15, -0.1) is 5.10 Å². The number of aromatic amines is 1. The van der Waals surface area contributed by atoms with Crippen LogP contribution in [-0.2, 0) is 19.1 Å². The van der Waals surface area contributed by atoms with Gasteiger partial charge in [0.25, 0.3) is 0 Å². The van der Waals surface area contributed by atoms with Crippen molar-refractivity contribution in [2.24, 2.45) is 0 Å². The van der Waals surface area contributed by atoms with Crippen LogP contribution in [0.3, 0.4) is 0 Å². The van der Waals surface area contributed by atoms with Crippen molar-refractivity contribution in [2.75, 3.05) is 5.32 Å². The molecule has 11 heteroatoms. The van der Waals surface area contributed by atoms with E-state index in [2.05, 4.69) is 35.9 Å². The number of alkyl halides is 3. The van der Waals surface area contributed by atoms with Crippen molar-refractivity contribution in [1.29, 1.82) is 0 Å². The van der Waals surface area contributed by atoms with Gasteiger partial charge in [-0.1, -0.05) is 61.9 Å². The Morgan fingerprint density at radius 2 is 1.73 bits per heavy atom. The number of aryl methyl sites for hydroxylation is 1. The molecule has 0 saturated heterocycles. The Balaban J connectivity index is 0.00000306. The maximum Gasteiger partial charge on any atom is 0.451 e. The van der Waals surface area contributed by atoms with Crippen LogP contribution in [0.15, 0.2) is 54.7 Å². The number of nitrogens with zero attached hydrogens (tertiary/aromatic N) is 5. The van der Waals surface area contributed by atoms with Crippen molar-refractivity contribution in [3.8, 4) is 22.5 Å². The van der Waals surface area contributed by atoms with Crippen LogP contribution in [-0.4, -0.2) is 60.1 Å². The van der Waals surface area contributed by atoms with E-state index in [4.69, 9.17) is 0 Å². The van der Waals surface area contributed by atoms with Gasteiger partial charge in [0.1, 0.15) is 5.82 Å². The summed E-state index contributed by atoms with van der Waals surface area (Å²) in [6.07, 6.45) is -1.97. The van der Waals surface area contributed by atoms with Crippen LogP contribution in [0.5, 0.6) is 0 Å². The molecule has 0 fully saturated rings. The minimum Gasteiger partial charge on any atom is -0.366 e. The third-order valence-corrected chi connectivity index (χ3v) is 4.89. The summed E-state index contributed by atoms with van der Waals surface area (Å²) in [5.41, 5.74) is 4.36. The van der Waals surface area contributed by atoms with E-state index < -0.39 is 12.0 Å². The fourth-order valence-electron chi connectivity index (χ4n) is 3.35. The van der Waals surface area contributed by atoms with E-state index in [0.717, 1.165) is 28.7 Å². The summed E-state index contributed by atoms with van der Waals surface area (Å²) in [4.78, 5) is 7.18. The van der Waals surface area contributed by atoms with E-state index in [1.54, 1.807) is 0 Å². The maximum absolute atomic E-state index is 13.0.